The lowest BCUT2D eigenvalue weighted by molar-refractivity contribution is -0.123. The number of nitrogens with one attached hydrogen (secondary N) is 2. The maximum Gasteiger partial charge on any atom is 0.276 e. The van der Waals surface area contributed by atoms with Crippen LogP contribution in [0.2, 0.25) is 5.02 Å². The largest absolute Gasteiger partial charge is 0.483 e. The summed E-state index contributed by atoms with van der Waals surface area (Å²) in [5.41, 5.74) is 7.05. The minimum Gasteiger partial charge on any atom is -0.483 e. The quantitative estimate of drug-likeness (QED) is 0.625. The van der Waals surface area contributed by atoms with Gasteiger partial charge in [-0.25, -0.2) is 0 Å². The fraction of sp³-hybridized carbons (Fsp3) is 0.0909. The Morgan fingerprint density at radius 3 is 2.29 bits per heavy atom. The van der Waals surface area contributed by atoms with Gasteiger partial charge >= 0.3 is 0 Å². The highest BCUT2D eigenvalue weighted by molar-refractivity contribution is 6.33. The van der Waals surface area contributed by atoms with Gasteiger partial charge < -0.3 is 4.74 Å². The molecule has 0 saturated heterocycles. The molecule has 0 aromatic heterocycles. The molecule has 2 N–H and O–H groups in total. The van der Waals surface area contributed by atoms with E-state index in [1.807, 2.05) is 54.6 Å². The first-order valence-corrected chi connectivity index (χ1v) is 9.09. The van der Waals surface area contributed by atoms with Gasteiger partial charge in [0.05, 0.1) is 10.6 Å². The Morgan fingerprint density at radius 2 is 1.50 bits per heavy atom. The number of hydrazine groups is 1. The molecule has 0 saturated carbocycles. The minimum atomic E-state index is -0.497. The first kappa shape index (κ1) is 19.5. The van der Waals surface area contributed by atoms with Crippen molar-refractivity contribution in [3.05, 3.63) is 101 Å². The summed E-state index contributed by atoms with van der Waals surface area (Å²) in [5, 5.41) is 0.306. The highest BCUT2D eigenvalue weighted by Gasteiger charge is 2.11. The van der Waals surface area contributed by atoms with Crippen molar-refractivity contribution < 1.29 is 14.3 Å². The van der Waals surface area contributed by atoms with Crippen LogP contribution in [0.5, 0.6) is 5.75 Å². The SMILES string of the molecule is O=C(COc1ccccc1Cc1ccccc1)NNC(=O)c1ccccc1Cl. The summed E-state index contributed by atoms with van der Waals surface area (Å²) < 4.78 is 5.64. The highest BCUT2D eigenvalue weighted by atomic mass is 35.5. The van der Waals surface area contributed by atoms with Gasteiger partial charge in [-0.1, -0.05) is 72.3 Å². The van der Waals surface area contributed by atoms with Gasteiger partial charge in [0.2, 0.25) is 0 Å². The molecule has 0 aliphatic carbocycles. The number of hydrogen-bond donors (Lipinski definition) is 2. The molecule has 28 heavy (non-hydrogen) atoms. The van der Waals surface area contributed by atoms with E-state index in [2.05, 4.69) is 10.9 Å². The van der Waals surface area contributed by atoms with Crippen molar-refractivity contribution >= 4 is 23.4 Å². The Bertz CT molecular complexity index is 961. The smallest absolute Gasteiger partial charge is 0.276 e. The van der Waals surface area contributed by atoms with E-state index < -0.39 is 11.8 Å². The van der Waals surface area contributed by atoms with Crippen LogP contribution >= 0.6 is 11.6 Å². The van der Waals surface area contributed by atoms with E-state index in [1.54, 1.807) is 24.3 Å². The molecule has 0 spiro atoms. The van der Waals surface area contributed by atoms with Gasteiger partial charge in [0.1, 0.15) is 5.75 Å². The molecule has 0 aliphatic rings. The third-order valence-electron chi connectivity index (χ3n) is 4.00. The highest BCUT2D eigenvalue weighted by Crippen LogP contribution is 2.21. The molecule has 3 aromatic rings. The maximum atomic E-state index is 12.1. The number of para-hydroxylation sites is 1. The average Bonchev–Trinajstić information content (AvgIpc) is 2.72. The lowest BCUT2D eigenvalue weighted by atomic mass is 10.0. The Labute approximate surface area is 168 Å². The van der Waals surface area contributed by atoms with Gasteiger partial charge in [-0.15, -0.1) is 0 Å². The number of carbonyl (C=O) groups excluding carboxylic acids is 2. The van der Waals surface area contributed by atoms with Crippen molar-refractivity contribution in [2.75, 3.05) is 6.61 Å². The molecule has 142 valence electrons. The van der Waals surface area contributed by atoms with Crippen molar-refractivity contribution in [3.8, 4) is 5.75 Å². The summed E-state index contributed by atoms with van der Waals surface area (Å²) in [7, 11) is 0. The van der Waals surface area contributed by atoms with Crippen LogP contribution in [0.25, 0.3) is 0 Å². The molecule has 0 heterocycles. The van der Waals surface area contributed by atoms with Crippen LogP contribution in [0.3, 0.4) is 0 Å². The number of halogens is 1. The molecular weight excluding hydrogens is 376 g/mol. The number of hydrogen-bond acceptors (Lipinski definition) is 3. The van der Waals surface area contributed by atoms with Gasteiger partial charge in [0.15, 0.2) is 6.61 Å². The molecule has 0 atom stereocenters. The van der Waals surface area contributed by atoms with Gasteiger partial charge in [0, 0.05) is 6.42 Å². The zero-order chi connectivity index (χ0) is 19.8. The van der Waals surface area contributed by atoms with Crippen LogP contribution in [0, 0.1) is 0 Å². The van der Waals surface area contributed by atoms with Crippen LogP contribution in [-0.2, 0) is 11.2 Å². The van der Waals surface area contributed by atoms with E-state index in [0.717, 1.165) is 11.1 Å². The predicted molar refractivity (Wildman–Crippen MR) is 108 cm³/mol. The topological polar surface area (TPSA) is 67.4 Å². The van der Waals surface area contributed by atoms with Gasteiger partial charge in [-0.3, -0.25) is 20.4 Å². The van der Waals surface area contributed by atoms with E-state index >= 15 is 0 Å². The second kappa shape index (κ2) is 9.58. The molecule has 6 heteroatoms. The van der Waals surface area contributed by atoms with E-state index in [0.29, 0.717) is 17.2 Å². The first-order valence-electron chi connectivity index (χ1n) is 8.72. The molecule has 0 fully saturated rings. The van der Waals surface area contributed by atoms with Crippen molar-refractivity contribution in [1.82, 2.24) is 10.9 Å². The zero-order valence-corrected chi connectivity index (χ0v) is 15.8. The fourth-order valence-electron chi connectivity index (χ4n) is 2.63. The molecule has 0 unspecified atom stereocenters. The second-order valence-corrected chi connectivity index (χ2v) is 6.45. The standard InChI is InChI=1S/C22H19ClN2O3/c23-19-12-6-5-11-18(19)22(27)25-24-21(26)15-28-20-13-7-4-10-17(20)14-16-8-2-1-3-9-16/h1-13H,14-15H2,(H,24,26)(H,25,27). The molecule has 5 nitrogen and oxygen atoms in total. The van der Waals surface area contributed by atoms with Gasteiger partial charge in [-0.05, 0) is 29.3 Å². The number of carbonyl (C=O) groups is 2. The lowest BCUT2D eigenvalue weighted by Gasteiger charge is -2.12. The van der Waals surface area contributed by atoms with Gasteiger partial charge in [0.25, 0.3) is 11.8 Å². The van der Waals surface area contributed by atoms with E-state index in [1.165, 1.54) is 0 Å². The normalized spacial score (nSPS) is 10.2. The van der Waals surface area contributed by atoms with Crippen molar-refractivity contribution in [2.45, 2.75) is 6.42 Å². The van der Waals surface area contributed by atoms with E-state index in [-0.39, 0.29) is 12.2 Å². The third-order valence-corrected chi connectivity index (χ3v) is 4.33. The monoisotopic (exact) mass is 394 g/mol. The first-order chi connectivity index (χ1) is 13.6. The third kappa shape index (κ3) is 5.34. The van der Waals surface area contributed by atoms with Crippen LogP contribution in [0.4, 0.5) is 0 Å². The number of ether oxygens (including phenoxy) is 1. The Kier molecular flexibility index (Phi) is 6.65. The van der Waals surface area contributed by atoms with E-state index in [4.69, 9.17) is 16.3 Å². The zero-order valence-electron chi connectivity index (χ0n) is 15.0. The molecule has 0 radical (unpaired) electrons. The van der Waals surface area contributed by atoms with Gasteiger partial charge in [-0.2, -0.15) is 0 Å². The predicted octanol–water partition coefficient (Wildman–Crippen LogP) is 3.77. The Balaban J connectivity index is 1.54. The van der Waals surface area contributed by atoms with Crippen LogP contribution in [0.15, 0.2) is 78.9 Å². The maximum absolute atomic E-state index is 12.1. The minimum absolute atomic E-state index is 0.228. The fourth-order valence-corrected chi connectivity index (χ4v) is 2.85. The van der Waals surface area contributed by atoms with Crippen LogP contribution in [0.1, 0.15) is 21.5 Å². The Morgan fingerprint density at radius 1 is 0.821 bits per heavy atom. The molecule has 0 bridgehead atoms. The van der Waals surface area contributed by atoms with Crippen LogP contribution in [-0.4, -0.2) is 18.4 Å². The van der Waals surface area contributed by atoms with Crippen molar-refractivity contribution in [2.24, 2.45) is 0 Å². The van der Waals surface area contributed by atoms with Crippen molar-refractivity contribution in [3.63, 3.8) is 0 Å². The summed E-state index contributed by atoms with van der Waals surface area (Å²) in [6.45, 7) is -0.228. The second-order valence-electron chi connectivity index (χ2n) is 6.04. The molecule has 3 rings (SSSR count). The van der Waals surface area contributed by atoms with E-state index in [9.17, 15) is 9.59 Å². The average molecular weight is 395 g/mol. The summed E-state index contributed by atoms with van der Waals surface area (Å²) in [6.07, 6.45) is 0.696. The Hall–Kier alpha value is -3.31. The summed E-state index contributed by atoms with van der Waals surface area (Å²) in [6, 6.07) is 24.1. The summed E-state index contributed by atoms with van der Waals surface area (Å²) in [4.78, 5) is 24.1. The summed E-state index contributed by atoms with van der Waals surface area (Å²) in [5.74, 6) is -0.350. The molecule has 3 aromatic carbocycles. The van der Waals surface area contributed by atoms with Crippen molar-refractivity contribution in [1.29, 1.82) is 0 Å². The number of amides is 2. The van der Waals surface area contributed by atoms with Crippen LogP contribution < -0.4 is 15.6 Å². The molecule has 0 aliphatic heterocycles. The molecular formula is C22H19ClN2O3. The number of benzene rings is 3. The lowest BCUT2D eigenvalue weighted by Crippen LogP contribution is -2.43. The molecule has 2 amide bonds. The number of rotatable bonds is 6. The summed E-state index contributed by atoms with van der Waals surface area (Å²) >= 11 is 5.96.